The second-order valence-corrected chi connectivity index (χ2v) is 10.8. The van der Waals surface area contributed by atoms with Crippen LogP contribution in [0.2, 0.25) is 0 Å². The summed E-state index contributed by atoms with van der Waals surface area (Å²) in [5.41, 5.74) is 9.84. The molecule has 0 saturated heterocycles. The molecule has 2 aromatic heterocycles. The number of benzene rings is 5. The quantitative estimate of drug-likeness (QED) is 0.219. The number of aliphatic imine (C=N–C) groups is 1. The van der Waals surface area contributed by atoms with Crippen molar-refractivity contribution in [1.29, 1.82) is 0 Å². The maximum atomic E-state index is 6.50. The van der Waals surface area contributed by atoms with Crippen LogP contribution in [0.25, 0.3) is 55.9 Å². The van der Waals surface area contributed by atoms with E-state index >= 15 is 0 Å². The number of nitrogens with zero attached hydrogens (tertiary/aromatic N) is 2. The van der Waals surface area contributed by atoms with E-state index in [0.29, 0.717) is 0 Å². The van der Waals surface area contributed by atoms with Crippen molar-refractivity contribution in [1.82, 2.24) is 0 Å². The number of para-hydroxylation sites is 2. The van der Waals surface area contributed by atoms with E-state index in [9.17, 15) is 0 Å². The van der Waals surface area contributed by atoms with Gasteiger partial charge in [-0.15, -0.1) is 0 Å². The predicted octanol–water partition coefficient (Wildman–Crippen LogP) is 8.41. The summed E-state index contributed by atoms with van der Waals surface area (Å²) in [6.45, 7) is 2.01. The monoisotopic (exact) mass is 556 g/mol. The Labute approximate surface area is 248 Å². The molecular weight excluding hydrogens is 528 g/mol. The van der Waals surface area contributed by atoms with Gasteiger partial charge >= 0.3 is 0 Å². The van der Waals surface area contributed by atoms with Crippen molar-refractivity contribution in [3.8, 4) is 11.1 Å². The first-order valence-electron chi connectivity index (χ1n) is 14.5. The highest BCUT2D eigenvalue weighted by molar-refractivity contribution is 6.20. The van der Waals surface area contributed by atoms with Crippen LogP contribution in [-0.2, 0) is 0 Å². The number of furan rings is 2. The van der Waals surface area contributed by atoms with Gasteiger partial charge in [-0.1, -0.05) is 91.0 Å². The third kappa shape index (κ3) is 4.11. The van der Waals surface area contributed by atoms with Crippen molar-refractivity contribution >= 4 is 56.2 Å². The average molecular weight is 557 g/mol. The minimum absolute atomic E-state index is 0.777. The first kappa shape index (κ1) is 25.1. The Morgan fingerprint density at radius 2 is 1.30 bits per heavy atom. The molecule has 43 heavy (non-hydrogen) atoms. The first-order chi connectivity index (χ1) is 21.2. The minimum atomic E-state index is 0.777. The molecule has 206 valence electrons. The van der Waals surface area contributed by atoms with Crippen molar-refractivity contribution in [2.45, 2.75) is 6.92 Å². The molecule has 0 spiro atoms. The molecule has 4 nitrogen and oxygen atoms in total. The number of hydrogen-bond donors (Lipinski definition) is 0. The zero-order valence-corrected chi connectivity index (χ0v) is 23.9. The van der Waals surface area contributed by atoms with Crippen LogP contribution >= 0.6 is 0 Å². The molecule has 1 aliphatic rings. The van der Waals surface area contributed by atoms with Gasteiger partial charge in [0.15, 0.2) is 0 Å². The van der Waals surface area contributed by atoms with E-state index in [1.165, 1.54) is 0 Å². The van der Waals surface area contributed by atoms with Gasteiger partial charge in [0.1, 0.15) is 28.0 Å². The maximum Gasteiger partial charge on any atom is 0.145 e. The third-order valence-corrected chi connectivity index (χ3v) is 8.19. The molecule has 7 aromatic rings. The van der Waals surface area contributed by atoms with Crippen molar-refractivity contribution in [3.05, 3.63) is 149 Å². The highest BCUT2D eigenvalue weighted by atomic mass is 16.3. The van der Waals surface area contributed by atoms with Gasteiger partial charge in [0.25, 0.3) is 0 Å². The van der Waals surface area contributed by atoms with Crippen LogP contribution in [0.5, 0.6) is 0 Å². The smallest absolute Gasteiger partial charge is 0.145 e. The van der Waals surface area contributed by atoms with Crippen LogP contribution in [0.3, 0.4) is 0 Å². The van der Waals surface area contributed by atoms with E-state index in [1.54, 1.807) is 0 Å². The van der Waals surface area contributed by atoms with Gasteiger partial charge in [0.05, 0.1) is 16.6 Å². The lowest BCUT2D eigenvalue weighted by molar-refractivity contribution is 0.575. The van der Waals surface area contributed by atoms with E-state index < -0.39 is 0 Å². The van der Waals surface area contributed by atoms with Gasteiger partial charge < -0.3 is 13.7 Å². The van der Waals surface area contributed by atoms with Crippen LogP contribution in [-0.4, -0.2) is 12.8 Å². The molecule has 4 heteroatoms. The third-order valence-electron chi connectivity index (χ3n) is 8.19. The number of hydrogen-bond acceptors (Lipinski definition) is 4. The zero-order valence-electron chi connectivity index (χ0n) is 23.9. The molecule has 0 radical (unpaired) electrons. The summed E-state index contributed by atoms with van der Waals surface area (Å²) in [5, 5.41) is 4.21. The van der Waals surface area contributed by atoms with Gasteiger partial charge in [-0.2, -0.15) is 0 Å². The molecule has 0 bridgehead atoms. The standard InChI is InChI=1S/C39H28N2O2/c1-3-4-17-36-37(39-40-38(25-12-6-5-7-13-25)29-15-8-10-16-32(29)41(39)2)31-24-27(20-22-35(31)43-36)26-19-21-34-30(23-26)28-14-9-11-18-33(28)42-34/h3-24H,1-2H3/b4-3-,36-17+,39-37-. The lowest BCUT2D eigenvalue weighted by atomic mass is 9.98. The van der Waals surface area contributed by atoms with E-state index in [-0.39, 0.29) is 0 Å². The zero-order chi connectivity index (χ0) is 28.9. The second kappa shape index (κ2) is 10.0. The Kier molecular flexibility index (Phi) is 5.86. The second-order valence-electron chi connectivity index (χ2n) is 10.8. The summed E-state index contributed by atoms with van der Waals surface area (Å²) < 4.78 is 12.6. The molecule has 0 N–H and O–H groups in total. The normalized spacial score (nSPS) is 15.2. The van der Waals surface area contributed by atoms with Crippen molar-refractivity contribution in [3.63, 3.8) is 0 Å². The molecule has 0 atom stereocenters. The van der Waals surface area contributed by atoms with E-state index in [1.807, 2.05) is 43.4 Å². The summed E-state index contributed by atoms with van der Waals surface area (Å²) in [7, 11) is 2.08. The molecular formula is C39H28N2O2. The van der Waals surface area contributed by atoms with Crippen LogP contribution < -0.4 is 15.5 Å². The topological polar surface area (TPSA) is 41.9 Å². The molecule has 1 aliphatic heterocycles. The number of anilines is 1. The Morgan fingerprint density at radius 3 is 2.12 bits per heavy atom. The van der Waals surface area contributed by atoms with Gasteiger partial charge in [-0.05, 0) is 60.5 Å². The number of fused-ring (bicyclic) bond motifs is 5. The lowest BCUT2D eigenvalue weighted by Crippen LogP contribution is -2.33. The summed E-state index contributed by atoms with van der Waals surface area (Å²) in [4.78, 5) is 7.53. The molecule has 0 amide bonds. The fourth-order valence-electron chi connectivity index (χ4n) is 6.09. The SMILES string of the molecule is C\C=C/C=c1/oc2ccc(-c3ccc4oc5ccccc5c4c3)cc2/c1=C1\N=C(c2ccccc2)c2ccccc2N1C. The predicted molar refractivity (Wildman–Crippen MR) is 178 cm³/mol. The molecule has 0 fully saturated rings. The largest absolute Gasteiger partial charge is 0.456 e. The van der Waals surface area contributed by atoms with E-state index in [4.69, 9.17) is 13.8 Å². The Bertz CT molecular complexity index is 2370. The lowest BCUT2D eigenvalue weighted by Gasteiger charge is -2.28. The Balaban J connectivity index is 1.42. The molecule has 0 aliphatic carbocycles. The van der Waals surface area contributed by atoms with Crippen LogP contribution in [0, 0.1) is 0 Å². The van der Waals surface area contributed by atoms with Crippen LogP contribution in [0.15, 0.2) is 141 Å². The summed E-state index contributed by atoms with van der Waals surface area (Å²) in [5.74, 6) is 0.848. The fraction of sp³-hybridized carbons (Fsp3) is 0.0513. The van der Waals surface area contributed by atoms with Crippen molar-refractivity contribution in [2.75, 3.05) is 11.9 Å². The Hall–Kier alpha value is -5.61. The van der Waals surface area contributed by atoms with E-state index in [2.05, 4.69) is 109 Å². The van der Waals surface area contributed by atoms with Gasteiger partial charge in [0.2, 0.25) is 0 Å². The average Bonchev–Trinajstić information content (AvgIpc) is 3.62. The molecule has 8 rings (SSSR count). The minimum Gasteiger partial charge on any atom is -0.456 e. The molecule has 5 aromatic carbocycles. The number of rotatable bonds is 3. The van der Waals surface area contributed by atoms with Crippen molar-refractivity contribution < 1.29 is 8.83 Å². The summed E-state index contributed by atoms with van der Waals surface area (Å²) >= 11 is 0. The fourth-order valence-corrected chi connectivity index (χ4v) is 6.09. The number of allylic oxidation sites excluding steroid dienone is 2. The van der Waals surface area contributed by atoms with Crippen LogP contribution in [0.4, 0.5) is 5.69 Å². The highest BCUT2D eigenvalue weighted by Gasteiger charge is 2.24. The summed E-state index contributed by atoms with van der Waals surface area (Å²) in [6, 6.07) is 39.8. The van der Waals surface area contributed by atoms with Crippen molar-refractivity contribution in [2.24, 2.45) is 4.99 Å². The highest BCUT2D eigenvalue weighted by Crippen LogP contribution is 2.34. The van der Waals surface area contributed by atoms with Gasteiger partial charge in [-0.3, -0.25) is 0 Å². The maximum absolute atomic E-state index is 6.50. The summed E-state index contributed by atoms with van der Waals surface area (Å²) in [6.07, 6.45) is 6.05. The molecule has 0 unspecified atom stereocenters. The van der Waals surface area contributed by atoms with Gasteiger partial charge in [0, 0.05) is 34.3 Å². The first-order valence-corrected chi connectivity index (χ1v) is 14.5. The van der Waals surface area contributed by atoms with Crippen LogP contribution in [0.1, 0.15) is 18.1 Å². The molecule has 0 saturated carbocycles. The van der Waals surface area contributed by atoms with Gasteiger partial charge in [-0.25, -0.2) is 4.99 Å². The van der Waals surface area contributed by atoms with E-state index in [0.717, 1.165) is 83.0 Å². The Morgan fingerprint density at radius 1 is 0.628 bits per heavy atom. The molecule has 3 heterocycles.